The summed E-state index contributed by atoms with van der Waals surface area (Å²) in [4.78, 5) is 2.18. The van der Waals surface area contributed by atoms with Crippen molar-refractivity contribution in [3.63, 3.8) is 0 Å². The van der Waals surface area contributed by atoms with Crippen molar-refractivity contribution in [2.24, 2.45) is 0 Å². The summed E-state index contributed by atoms with van der Waals surface area (Å²) < 4.78 is 0. The minimum absolute atomic E-state index is 0.933. The Morgan fingerprint density at radius 1 is 0.944 bits per heavy atom. The van der Waals surface area contributed by atoms with Gasteiger partial charge in [0.1, 0.15) is 0 Å². The van der Waals surface area contributed by atoms with Crippen LogP contribution >= 0.6 is 0 Å². The van der Waals surface area contributed by atoms with Gasteiger partial charge in [-0.1, -0.05) is 61.2 Å². The first kappa shape index (κ1) is 12.6. The van der Waals surface area contributed by atoms with Gasteiger partial charge < -0.3 is 4.90 Å². The highest BCUT2D eigenvalue weighted by Gasteiger charge is 2.07. The minimum Gasteiger partial charge on any atom is -0.305 e. The Kier molecular flexibility index (Phi) is 3.96. The van der Waals surface area contributed by atoms with Gasteiger partial charge in [-0.25, -0.2) is 0 Å². The maximum absolute atomic E-state index is 4.24. The van der Waals surface area contributed by atoms with Crippen LogP contribution in [0, 0.1) is 0 Å². The van der Waals surface area contributed by atoms with Crippen LogP contribution in [0.1, 0.15) is 16.7 Å². The predicted molar refractivity (Wildman–Crippen MR) is 78.4 cm³/mol. The lowest BCUT2D eigenvalue weighted by atomic mass is 9.95. The van der Waals surface area contributed by atoms with Gasteiger partial charge in [0.15, 0.2) is 0 Å². The van der Waals surface area contributed by atoms with Crippen molar-refractivity contribution in [3.05, 3.63) is 77.9 Å². The predicted octanol–water partition coefficient (Wildman–Crippen LogP) is 3.81. The third-order valence-electron chi connectivity index (χ3n) is 2.95. The molecule has 0 aromatic heterocycles. The molecule has 0 heterocycles. The molecule has 0 unspecified atom stereocenters. The maximum Gasteiger partial charge on any atom is 0.0233 e. The lowest BCUT2D eigenvalue weighted by Gasteiger charge is -2.15. The van der Waals surface area contributed by atoms with E-state index in [1.54, 1.807) is 0 Å². The Hall–Kier alpha value is -1.86. The zero-order valence-corrected chi connectivity index (χ0v) is 11.1. The fourth-order valence-corrected chi connectivity index (χ4v) is 2.09. The van der Waals surface area contributed by atoms with Gasteiger partial charge in [0, 0.05) is 6.54 Å². The van der Waals surface area contributed by atoms with Gasteiger partial charge in [-0.2, -0.15) is 0 Å². The number of benzene rings is 2. The van der Waals surface area contributed by atoms with Gasteiger partial charge in [0.05, 0.1) is 0 Å². The van der Waals surface area contributed by atoms with Crippen molar-refractivity contribution >= 4 is 5.57 Å². The Balaban J connectivity index is 2.36. The molecule has 2 aromatic rings. The van der Waals surface area contributed by atoms with Crippen LogP contribution in [0.25, 0.3) is 5.57 Å². The van der Waals surface area contributed by atoms with Crippen LogP contribution in [-0.2, 0) is 6.54 Å². The van der Waals surface area contributed by atoms with E-state index in [1.165, 1.54) is 16.7 Å². The average molecular weight is 237 g/mol. The van der Waals surface area contributed by atoms with Crippen molar-refractivity contribution in [1.29, 1.82) is 0 Å². The van der Waals surface area contributed by atoms with Gasteiger partial charge in [0.2, 0.25) is 0 Å². The second kappa shape index (κ2) is 5.65. The van der Waals surface area contributed by atoms with Crippen molar-refractivity contribution < 1.29 is 0 Å². The summed E-state index contributed by atoms with van der Waals surface area (Å²) in [5, 5.41) is 0. The van der Waals surface area contributed by atoms with Crippen molar-refractivity contribution in [1.82, 2.24) is 4.90 Å². The zero-order chi connectivity index (χ0) is 13.0. The molecule has 2 rings (SSSR count). The van der Waals surface area contributed by atoms with Crippen LogP contribution in [0.5, 0.6) is 0 Å². The molecule has 0 aliphatic heterocycles. The molecule has 0 N–H and O–H groups in total. The Bertz CT molecular complexity index is 526. The topological polar surface area (TPSA) is 3.24 Å². The quantitative estimate of drug-likeness (QED) is 0.781. The highest BCUT2D eigenvalue weighted by atomic mass is 15.0. The molecule has 0 saturated heterocycles. The maximum atomic E-state index is 4.24. The van der Waals surface area contributed by atoms with Crippen molar-refractivity contribution in [2.45, 2.75) is 6.54 Å². The van der Waals surface area contributed by atoms with Crippen molar-refractivity contribution in [3.8, 4) is 0 Å². The van der Waals surface area contributed by atoms with E-state index >= 15 is 0 Å². The van der Waals surface area contributed by atoms with Crippen LogP contribution in [0.4, 0.5) is 0 Å². The summed E-state index contributed by atoms with van der Waals surface area (Å²) in [6.45, 7) is 5.18. The normalized spacial score (nSPS) is 10.6. The molecular formula is C17H19N. The number of rotatable bonds is 4. The van der Waals surface area contributed by atoms with E-state index in [4.69, 9.17) is 0 Å². The fraction of sp³-hybridized carbons (Fsp3) is 0.176. The molecule has 2 aromatic carbocycles. The number of hydrogen-bond donors (Lipinski definition) is 0. The molecule has 18 heavy (non-hydrogen) atoms. The van der Waals surface area contributed by atoms with E-state index < -0.39 is 0 Å². The third kappa shape index (κ3) is 2.88. The molecule has 0 saturated carbocycles. The molecule has 0 atom stereocenters. The largest absolute Gasteiger partial charge is 0.305 e. The first-order valence-corrected chi connectivity index (χ1v) is 6.16. The summed E-state index contributed by atoms with van der Waals surface area (Å²) in [5.74, 6) is 0. The van der Waals surface area contributed by atoms with Crippen molar-refractivity contribution in [2.75, 3.05) is 14.1 Å². The second-order valence-corrected chi connectivity index (χ2v) is 4.74. The minimum atomic E-state index is 0.933. The third-order valence-corrected chi connectivity index (χ3v) is 2.95. The second-order valence-electron chi connectivity index (χ2n) is 4.74. The van der Waals surface area contributed by atoms with Gasteiger partial charge in [-0.3, -0.25) is 0 Å². The van der Waals surface area contributed by atoms with E-state index in [0.717, 1.165) is 12.1 Å². The molecule has 0 aliphatic carbocycles. The summed E-state index contributed by atoms with van der Waals surface area (Å²) in [6, 6.07) is 18.8. The first-order chi connectivity index (χ1) is 8.68. The van der Waals surface area contributed by atoms with Crippen LogP contribution in [-0.4, -0.2) is 19.0 Å². The SMILES string of the molecule is C=C(c1ccccc1)c1ccccc1CN(C)C. The van der Waals surface area contributed by atoms with Crippen LogP contribution in [0.2, 0.25) is 0 Å². The highest BCUT2D eigenvalue weighted by molar-refractivity contribution is 5.79. The van der Waals surface area contributed by atoms with E-state index in [-0.39, 0.29) is 0 Å². The van der Waals surface area contributed by atoms with E-state index in [2.05, 4.69) is 74.1 Å². The van der Waals surface area contributed by atoms with Gasteiger partial charge in [0.25, 0.3) is 0 Å². The molecule has 0 amide bonds. The first-order valence-electron chi connectivity index (χ1n) is 6.16. The molecule has 92 valence electrons. The lowest BCUT2D eigenvalue weighted by molar-refractivity contribution is 0.402. The fourth-order valence-electron chi connectivity index (χ4n) is 2.09. The molecule has 0 aliphatic rings. The summed E-state index contributed by atoms with van der Waals surface area (Å²) >= 11 is 0. The van der Waals surface area contributed by atoms with E-state index in [0.29, 0.717) is 0 Å². The summed E-state index contributed by atoms with van der Waals surface area (Å²) in [7, 11) is 4.17. The van der Waals surface area contributed by atoms with Crippen LogP contribution in [0.3, 0.4) is 0 Å². The Morgan fingerprint density at radius 3 is 2.22 bits per heavy atom. The van der Waals surface area contributed by atoms with E-state index in [9.17, 15) is 0 Å². The highest BCUT2D eigenvalue weighted by Crippen LogP contribution is 2.25. The molecule has 0 spiro atoms. The van der Waals surface area contributed by atoms with Gasteiger partial charge in [-0.15, -0.1) is 0 Å². The monoisotopic (exact) mass is 237 g/mol. The molecule has 0 radical (unpaired) electrons. The standard InChI is InChI=1S/C17H19N/c1-14(15-9-5-4-6-10-15)17-12-8-7-11-16(17)13-18(2)3/h4-12H,1,13H2,2-3H3. The van der Waals surface area contributed by atoms with E-state index in [1.807, 2.05) is 6.07 Å². The smallest absolute Gasteiger partial charge is 0.0233 e. The summed E-state index contributed by atoms with van der Waals surface area (Å²) in [6.07, 6.45) is 0. The molecule has 0 fully saturated rings. The Labute approximate surface area is 109 Å². The average Bonchev–Trinajstić information content (AvgIpc) is 2.39. The van der Waals surface area contributed by atoms with Gasteiger partial charge >= 0.3 is 0 Å². The Morgan fingerprint density at radius 2 is 1.56 bits per heavy atom. The zero-order valence-electron chi connectivity index (χ0n) is 11.1. The van der Waals surface area contributed by atoms with Gasteiger partial charge in [-0.05, 0) is 36.4 Å². The molecule has 0 bridgehead atoms. The molecule has 1 heteroatoms. The molecule has 1 nitrogen and oxygen atoms in total. The number of hydrogen-bond acceptors (Lipinski definition) is 1. The number of nitrogens with zero attached hydrogens (tertiary/aromatic N) is 1. The van der Waals surface area contributed by atoms with Crippen LogP contribution < -0.4 is 0 Å². The molecular weight excluding hydrogens is 218 g/mol. The summed E-state index contributed by atoms with van der Waals surface area (Å²) in [5.41, 5.74) is 4.82. The lowest BCUT2D eigenvalue weighted by Crippen LogP contribution is -2.12. The van der Waals surface area contributed by atoms with Crippen LogP contribution in [0.15, 0.2) is 61.2 Å².